The summed E-state index contributed by atoms with van der Waals surface area (Å²) in [5.41, 5.74) is 0. The molecule has 0 fully saturated rings. The fourth-order valence-corrected chi connectivity index (χ4v) is 6.44. The minimum Gasteiger partial charge on any atom is -0.497 e. The number of methoxy groups -OCH3 is 1. The minimum absolute atomic E-state index is 0.00874. The van der Waals surface area contributed by atoms with Crippen LogP contribution in [0.4, 0.5) is 0 Å². The molecule has 0 aliphatic carbocycles. The van der Waals surface area contributed by atoms with E-state index in [9.17, 15) is 25.3 Å². The highest BCUT2D eigenvalue weighted by Gasteiger charge is 2.20. The topological polar surface area (TPSA) is 136 Å². The highest BCUT2D eigenvalue weighted by molar-refractivity contribution is 14.1. The van der Waals surface area contributed by atoms with Crippen molar-refractivity contribution < 1.29 is 30.0 Å². The predicted octanol–water partition coefficient (Wildman–Crippen LogP) is 1.51. The lowest BCUT2D eigenvalue weighted by atomic mass is 10.3. The molecule has 165 valence electrons. The SMILES string of the molecule is C[CH]S(=O)(=O)c1cc(I)cc(S(=O)(=O)NCCNS(=O)(=O)c2ccc(OC)cc2)c1. The van der Waals surface area contributed by atoms with Gasteiger partial charge in [0.1, 0.15) is 5.75 Å². The van der Waals surface area contributed by atoms with Crippen LogP contribution in [-0.4, -0.2) is 45.5 Å². The summed E-state index contributed by atoms with van der Waals surface area (Å²) in [6.07, 6.45) is 0. The molecule has 0 saturated carbocycles. The Kier molecular flexibility index (Phi) is 8.26. The molecule has 30 heavy (non-hydrogen) atoms. The molecule has 0 aliphatic heterocycles. The Bertz CT molecular complexity index is 1210. The van der Waals surface area contributed by atoms with Crippen molar-refractivity contribution >= 4 is 52.5 Å². The van der Waals surface area contributed by atoms with Gasteiger partial charge in [0.05, 0.1) is 27.5 Å². The van der Waals surface area contributed by atoms with Gasteiger partial charge in [-0.1, -0.05) is 0 Å². The van der Waals surface area contributed by atoms with Crippen LogP contribution in [-0.2, 0) is 29.9 Å². The Morgan fingerprint density at radius 2 is 1.33 bits per heavy atom. The van der Waals surface area contributed by atoms with Crippen LogP contribution in [0.1, 0.15) is 6.92 Å². The lowest BCUT2D eigenvalue weighted by Gasteiger charge is -2.11. The number of halogens is 1. The summed E-state index contributed by atoms with van der Waals surface area (Å²) in [7, 11) is -10.1. The number of ether oxygens (including phenoxy) is 1. The Balaban J connectivity index is 2.07. The van der Waals surface area contributed by atoms with Gasteiger partial charge in [-0.3, -0.25) is 0 Å². The molecule has 9 nitrogen and oxygen atoms in total. The molecule has 2 aromatic carbocycles. The molecule has 0 heterocycles. The van der Waals surface area contributed by atoms with Gasteiger partial charge in [0, 0.05) is 16.7 Å². The Hall–Kier alpha value is -1.26. The number of rotatable bonds is 10. The van der Waals surface area contributed by atoms with E-state index >= 15 is 0 Å². The number of benzene rings is 2. The molecule has 0 atom stereocenters. The van der Waals surface area contributed by atoms with Crippen molar-refractivity contribution in [3.63, 3.8) is 0 Å². The molecule has 0 saturated heterocycles. The average molecular weight is 587 g/mol. The lowest BCUT2D eigenvalue weighted by Crippen LogP contribution is -2.34. The summed E-state index contributed by atoms with van der Waals surface area (Å²) in [4.78, 5) is -0.361. The maximum Gasteiger partial charge on any atom is 0.240 e. The molecule has 0 unspecified atom stereocenters. The number of hydrogen-bond acceptors (Lipinski definition) is 7. The molecule has 2 aromatic rings. The molecule has 2 rings (SSSR count). The molecule has 0 aliphatic rings. The Labute approximate surface area is 190 Å². The minimum atomic E-state index is -4.05. The second-order valence-corrected chi connectivity index (χ2v) is 12.7. The summed E-state index contributed by atoms with van der Waals surface area (Å²) in [6, 6.07) is 9.45. The third-order valence-electron chi connectivity index (χ3n) is 3.87. The first kappa shape index (κ1) is 25.0. The van der Waals surface area contributed by atoms with E-state index in [1.807, 2.05) is 22.6 Å². The normalized spacial score (nSPS) is 12.6. The number of hydrogen-bond donors (Lipinski definition) is 2. The van der Waals surface area contributed by atoms with Crippen molar-refractivity contribution in [1.29, 1.82) is 0 Å². The van der Waals surface area contributed by atoms with Gasteiger partial charge >= 0.3 is 0 Å². The largest absolute Gasteiger partial charge is 0.497 e. The van der Waals surface area contributed by atoms with E-state index in [0.717, 1.165) is 11.8 Å². The molecule has 0 bridgehead atoms. The monoisotopic (exact) mass is 587 g/mol. The zero-order valence-corrected chi connectivity index (χ0v) is 20.6. The summed E-state index contributed by atoms with van der Waals surface area (Å²) in [6.45, 7) is 0.910. The maximum atomic E-state index is 12.5. The zero-order valence-electron chi connectivity index (χ0n) is 16.0. The standard InChI is InChI=1S/C17H20IN2O7S3/c1-3-28(21,22)16-10-13(18)11-17(12-16)30(25,26)20-9-8-19-29(23,24)15-6-4-14(27-2)5-7-15/h3-7,10-12,19-20H,8-9H2,1-2H3. The van der Waals surface area contributed by atoms with Crippen LogP contribution < -0.4 is 14.2 Å². The second kappa shape index (κ2) is 9.91. The number of sulfone groups is 1. The van der Waals surface area contributed by atoms with Gasteiger partial charge in [0.15, 0.2) is 9.84 Å². The third kappa shape index (κ3) is 6.37. The Morgan fingerprint density at radius 1 is 0.833 bits per heavy atom. The van der Waals surface area contributed by atoms with Gasteiger partial charge in [0.25, 0.3) is 0 Å². The van der Waals surface area contributed by atoms with Crippen molar-refractivity contribution in [2.75, 3.05) is 20.2 Å². The summed E-state index contributed by atoms with van der Waals surface area (Å²) in [5.74, 6) is 1.48. The first-order valence-corrected chi connectivity index (χ1v) is 14.0. The maximum absolute atomic E-state index is 12.5. The fraction of sp³-hybridized carbons (Fsp3) is 0.235. The van der Waals surface area contributed by atoms with E-state index in [1.54, 1.807) is 0 Å². The van der Waals surface area contributed by atoms with E-state index in [2.05, 4.69) is 9.44 Å². The van der Waals surface area contributed by atoms with Gasteiger partial charge in [-0.15, -0.1) is 0 Å². The van der Waals surface area contributed by atoms with E-state index in [-0.39, 0.29) is 27.8 Å². The summed E-state index contributed by atoms with van der Waals surface area (Å²) < 4.78 is 83.5. The van der Waals surface area contributed by atoms with E-state index in [1.165, 1.54) is 50.4 Å². The summed E-state index contributed by atoms with van der Waals surface area (Å²) >= 11 is 1.82. The molecule has 0 amide bonds. The molecule has 0 spiro atoms. The molecule has 1 radical (unpaired) electrons. The van der Waals surface area contributed by atoms with Gasteiger partial charge in [0.2, 0.25) is 20.0 Å². The van der Waals surface area contributed by atoms with Gasteiger partial charge in [-0.2, -0.15) is 0 Å². The van der Waals surface area contributed by atoms with E-state index < -0.39 is 29.9 Å². The predicted molar refractivity (Wildman–Crippen MR) is 120 cm³/mol. The van der Waals surface area contributed by atoms with Crippen molar-refractivity contribution in [1.82, 2.24) is 9.44 Å². The smallest absolute Gasteiger partial charge is 0.240 e. The molecular formula is C17H20IN2O7S3. The average Bonchev–Trinajstić information content (AvgIpc) is 2.71. The fourth-order valence-electron chi connectivity index (χ4n) is 2.28. The number of sulfonamides is 2. The van der Waals surface area contributed by atoms with Crippen LogP contribution in [0.5, 0.6) is 5.75 Å². The molecule has 13 heteroatoms. The van der Waals surface area contributed by atoms with Crippen LogP contribution in [0.15, 0.2) is 57.2 Å². The van der Waals surface area contributed by atoms with Crippen LogP contribution in [0.3, 0.4) is 0 Å². The third-order valence-corrected chi connectivity index (χ3v) is 8.93. The molecule has 0 aromatic heterocycles. The zero-order chi connectivity index (χ0) is 22.6. The van der Waals surface area contributed by atoms with Crippen molar-refractivity contribution in [2.45, 2.75) is 21.6 Å². The van der Waals surface area contributed by atoms with E-state index in [0.29, 0.717) is 9.32 Å². The van der Waals surface area contributed by atoms with Crippen LogP contribution >= 0.6 is 22.6 Å². The van der Waals surface area contributed by atoms with Crippen molar-refractivity contribution in [3.05, 3.63) is 51.8 Å². The van der Waals surface area contributed by atoms with Crippen molar-refractivity contribution in [3.8, 4) is 5.75 Å². The molecule has 2 N–H and O–H groups in total. The second-order valence-electron chi connectivity index (χ2n) is 5.87. The molecular weight excluding hydrogens is 567 g/mol. The quantitative estimate of drug-likeness (QED) is 0.318. The Morgan fingerprint density at radius 3 is 1.83 bits per heavy atom. The first-order valence-electron chi connectivity index (χ1n) is 8.40. The number of nitrogens with one attached hydrogen (secondary N) is 2. The summed E-state index contributed by atoms with van der Waals surface area (Å²) in [5, 5.41) is 0. The highest BCUT2D eigenvalue weighted by atomic mass is 127. The first-order chi connectivity index (χ1) is 13.9. The van der Waals surface area contributed by atoms with Crippen LogP contribution in [0.2, 0.25) is 0 Å². The van der Waals surface area contributed by atoms with Gasteiger partial charge in [-0.25, -0.2) is 34.7 Å². The van der Waals surface area contributed by atoms with Crippen molar-refractivity contribution in [2.24, 2.45) is 0 Å². The van der Waals surface area contributed by atoms with E-state index in [4.69, 9.17) is 4.74 Å². The van der Waals surface area contributed by atoms with Gasteiger partial charge < -0.3 is 4.74 Å². The lowest BCUT2D eigenvalue weighted by molar-refractivity contribution is 0.414. The highest BCUT2D eigenvalue weighted by Crippen LogP contribution is 2.22. The van der Waals surface area contributed by atoms with Crippen LogP contribution in [0.25, 0.3) is 0 Å². The van der Waals surface area contributed by atoms with Crippen LogP contribution in [0, 0.1) is 9.32 Å². The van der Waals surface area contributed by atoms with Gasteiger partial charge in [-0.05, 0) is 72.0 Å².